The van der Waals surface area contributed by atoms with Crippen LogP contribution in [0.1, 0.15) is 28.9 Å². The van der Waals surface area contributed by atoms with Crippen molar-refractivity contribution in [1.29, 1.82) is 0 Å². The van der Waals surface area contributed by atoms with Gasteiger partial charge < -0.3 is 15.8 Å². The van der Waals surface area contributed by atoms with E-state index in [4.69, 9.17) is 10.5 Å². The molecular formula is C28H29N7O2. The van der Waals surface area contributed by atoms with E-state index in [0.717, 1.165) is 35.1 Å². The Labute approximate surface area is 214 Å². The molecule has 9 heteroatoms. The van der Waals surface area contributed by atoms with Crippen LogP contribution in [0.3, 0.4) is 0 Å². The van der Waals surface area contributed by atoms with Gasteiger partial charge in [-0.05, 0) is 42.7 Å². The molecule has 0 aliphatic carbocycles. The third-order valence-electron chi connectivity index (χ3n) is 6.16. The molecule has 5 aromatic rings. The number of anilines is 1. The van der Waals surface area contributed by atoms with Crippen molar-refractivity contribution < 1.29 is 9.53 Å². The molecule has 9 nitrogen and oxygen atoms in total. The lowest BCUT2D eigenvalue weighted by Gasteiger charge is -2.10. The molecule has 1 fully saturated rings. The maximum atomic E-state index is 13.3. The Bertz CT molecular complexity index is 1440. The van der Waals surface area contributed by atoms with Crippen LogP contribution in [0.5, 0.6) is 0 Å². The van der Waals surface area contributed by atoms with Crippen molar-refractivity contribution in [2.75, 3.05) is 18.5 Å². The van der Waals surface area contributed by atoms with Crippen molar-refractivity contribution in [1.82, 2.24) is 25.2 Å². The number of nitrogens with two attached hydrogens (primary N) is 1. The first-order valence-corrected chi connectivity index (χ1v) is 12.3. The van der Waals surface area contributed by atoms with Crippen molar-refractivity contribution in [2.45, 2.75) is 25.5 Å². The molecule has 3 aromatic carbocycles. The normalized spacial score (nSPS) is 14.8. The molecule has 1 amide bonds. The lowest BCUT2D eigenvalue weighted by Crippen LogP contribution is -2.19. The molecule has 6 rings (SSSR count). The van der Waals surface area contributed by atoms with E-state index in [0.29, 0.717) is 36.3 Å². The van der Waals surface area contributed by atoms with Crippen molar-refractivity contribution in [2.24, 2.45) is 5.73 Å². The molecule has 37 heavy (non-hydrogen) atoms. The fraction of sp³-hybridized carbons (Fsp3) is 0.214. The predicted molar refractivity (Wildman–Crippen MR) is 143 cm³/mol. The molecule has 1 atom stereocenters. The number of rotatable bonds is 6. The van der Waals surface area contributed by atoms with Gasteiger partial charge in [-0.1, -0.05) is 59.8 Å². The number of para-hydroxylation sites is 1. The third-order valence-corrected chi connectivity index (χ3v) is 6.16. The Hall–Kier alpha value is -4.34. The van der Waals surface area contributed by atoms with Crippen LogP contribution >= 0.6 is 0 Å². The smallest absolute Gasteiger partial charge is 0.276 e. The van der Waals surface area contributed by atoms with Gasteiger partial charge in [0.1, 0.15) is 5.69 Å². The molecule has 4 N–H and O–H groups in total. The second-order valence-corrected chi connectivity index (χ2v) is 8.79. The van der Waals surface area contributed by atoms with E-state index >= 15 is 0 Å². The summed E-state index contributed by atoms with van der Waals surface area (Å²) in [5, 5.41) is 19.6. The second kappa shape index (κ2) is 11.6. The van der Waals surface area contributed by atoms with E-state index in [1.807, 2.05) is 78.9 Å². The first-order valence-electron chi connectivity index (χ1n) is 12.3. The van der Waals surface area contributed by atoms with Crippen LogP contribution in [0.4, 0.5) is 5.69 Å². The van der Waals surface area contributed by atoms with Gasteiger partial charge in [0.25, 0.3) is 5.91 Å². The van der Waals surface area contributed by atoms with E-state index in [-0.39, 0.29) is 5.91 Å². The lowest BCUT2D eigenvalue weighted by molar-refractivity contribution is 0.101. The number of aromatic nitrogens is 5. The Kier molecular flexibility index (Phi) is 7.63. The van der Waals surface area contributed by atoms with Gasteiger partial charge in [0.05, 0.1) is 24.4 Å². The number of nitrogens with zero attached hydrogens (tertiary/aromatic N) is 4. The summed E-state index contributed by atoms with van der Waals surface area (Å²) < 4.78 is 6.82. The van der Waals surface area contributed by atoms with E-state index in [1.54, 1.807) is 10.9 Å². The highest BCUT2D eigenvalue weighted by molar-refractivity contribution is 6.07. The summed E-state index contributed by atoms with van der Waals surface area (Å²) in [4.78, 5) is 13.3. The zero-order chi connectivity index (χ0) is 25.5. The summed E-state index contributed by atoms with van der Waals surface area (Å²) in [5.74, 6) is -0.260. The Morgan fingerprint density at radius 3 is 2.57 bits per heavy atom. The largest absolute Gasteiger partial charge is 0.377 e. The molecule has 1 aliphatic heterocycles. The maximum absolute atomic E-state index is 13.3. The van der Waals surface area contributed by atoms with Crippen molar-refractivity contribution in [3.63, 3.8) is 0 Å². The molecule has 188 valence electrons. The lowest BCUT2D eigenvalue weighted by atomic mass is 10.1. The van der Waals surface area contributed by atoms with Crippen LogP contribution in [0.25, 0.3) is 22.2 Å². The van der Waals surface area contributed by atoms with Crippen molar-refractivity contribution >= 4 is 22.5 Å². The zero-order valence-electron chi connectivity index (χ0n) is 20.4. The highest BCUT2D eigenvalue weighted by Gasteiger charge is 2.22. The standard InChI is InChI=1S/C23H18N6O.C5H11NO/c30-23(25-19-9-5-2-6-10-19)22-21(17-11-12-20-18(13-17)14-24-26-20)27-28-29(22)15-16-7-3-1-4-8-16;6-4-5-2-1-3-7-5/h1-14H,15H2,(H,24,26)(H,25,30);5H,1-4,6H2/t;5-/m.0/s1. The number of ether oxygens (including phenoxy) is 1. The van der Waals surface area contributed by atoms with E-state index in [9.17, 15) is 4.79 Å². The first kappa shape index (κ1) is 24.4. The summed E-state index contributed by atoms with van der Waals surface area (Å²) in [5.41, 5.74) is 9.72. The van der Waals surface area contributed by atoms with Crippen LogP contribution in [0, 0.1) is 0 Å². The number of carbonyl (C=O) groups is 1. The number of benzene rings is 3. The number of amides is 1. The molecule has 1 aliphatic rings. The summed E-state index contributed by atoms with van der Waals surface area (Å²) in [6.45, 7) is 2.06. The Balaban J connectivity index is 0.000000348. The van der Waals surface area contributed by atoms with Gasteiger partial charge >= 0.3 is 0 Å². The Morgan fingerprint density at radius 2 is 1.86 bits per heavy atom. The van der Waals surface area contributed by atoms with Crippen LogP contribution in [0.2, 0.25) is 0 Å². The second-order valence-electron chi connectivity index (χ2n) is 8.79. The molecule has 0 unspecified atom stereocenters. The monoisotopic (exact) mass is 495 g/mol. The van der Waals surface area contributed by atoms with Crippen LogP contribution in [-0.2, 0) is 11.3 Å². The minimum absolute atomic E-state index is 0.260. The minimum atomic E-state index is -0.260. The molecule has 0 radical (unpaired) electrons. The van der Waals surface area contributed by atoms with Gasteiger partial charge in [-0.2, -0.15) is 5.10 Å². The van der Waals surface area contributed by atoms with E-state index in [1.165, 1.54) is 6.42 Å². The number of fused-ring (bicyclic) bond motifs is 1. The summed E-state index contributed by atoms with van der Waals surface area (Å²) in [7, 11) is 0. The SMILES string of the molecule is NC[C@@H]1CCCO1.O=C(Nc1ccccc1)c1c(-c2ccc3[nH]ncc3c2)nnn1Cc1ccccc1. The molecule has 0 spiro atoms. The van der Waals surface area contributed by atoms with Gasteiger partial charge in [0.15, 0.2) is 5.69 Å². The van der Waals surface area contributed by atoms with Gasteiger partial charge in [0.2, 0.25) is 0 Å². The molecule has 1 saturated heterocycles. The van der Waals surface area contributed by atoms with Crippen LogP contribution < -0.4 is 11.1 Å². The highest BCUT2D eigenvalue weighted by Crippen LogP contribution is 2.26. The summed E-state index contributed by atoms with van der Waals surface area (Å²) in [6, 6.07) is 25.0. The number of H-pyrrole nitrogens is 1. The summed E-state index contributed by atoms with van der Waals surface area (Å²) in [6.07, 6.45) is 4.48. The molecular weight excluding hydrogens is 466 g/mol. The van der Waals surface area contributed by atoms with Gasteiger partial charge in [-0.15, -0.1) is 5.10 Å². The number of carbonyl (C=O) groups excluding carboxylic acids is 1. The third kappa shape index (κ3) is 5.91. The van der Waals surface area contributed by atoms with Gasteiger partial charge in [0, 0.05) is 29.8 Å². The average Bonchev–Trinajstić information content (AvgIpc) is 3.71. The minimum Gasteiger partial charge on any atom is -0.377 e. The summed E-state index contributed by atoms with van der Waals surface area (Å²) >= 11 is 0. The molecule has 0 saturated carbocycles. The van der Waals surface area contributed by atoms with Crippen molar-refractivity contribution in [3.8, 4) is 11.3 Å². The van der Waals surface area contributed by atoms with Gasteiger partial charge in [-0.3, -0.25) is 9.89 Å². The molecule has 3 heterocycles. The highest BCUT2D eigenvalue weighted by atomic mass is 16.5. The number of nitrogens with one attached hydrogen (secondary N) is 2. The van der Waals surface area contributed by atoms with E-state index in [2.05, 4.69) is 25.8 Å². The van der Waals surface area contributed by atoms with Crippen LogP contribution in [0.15, 0.2) is 85.1 Å². The zero-order valence-corrected chi connectivity index (χ0v) is 20.4. The first-order chi connectivity index (χ1) is 18.2. The predicted octanol–water partition coefficient (Wildman–Crippen LogP) is 4.25. The number of aromatic amines is 1. The van der Waals surface area contributed by atoms with Crippen LogP contribution in [-0.4, -0.2) is 50.4 Å². The topological polar surface area (TPSA) is 124 Å². The maximum Gasteiger partial charge on any atom is 0.276 e. The number of hydrogen-bond donors (Lipinski definition) is 3. The van der Waals surface area contributed by atoms with Crippen molar-refractivity contribution in [3.05, 3.63) is 96.3 Å². The molecule has 0 bridgehead atoms. The van der Waals surface area contributed by atoms with Gasteiger partial charge in [-0.25, -0.2) is 4.68 Å². The Morgan fingerprint density at radius 1 is 1.08 bits per heavy atom. The quantitative estimate of drug-likeness (QED) is 0.324. The average molecular weight is 496 g/mol. The number of hydrogen-bond acceptors (Lipinski definition) is 6. The van der Waals surface area contributed by atoms with E-state index < -0.39 is 0 Å². The fourth-order valence-corrected chi connectivity index (χ4v) is 4.23. The fourth-order valence-electron chi connectivity index (χ4n) is 4.23. The molecule has 2 aromatic heterocycles.